The van der Waals surface area contributed by atoms with Crippen molar-refractivity contribution in [1.82, 2.24) is 29.5 Å². The molecule has 2 saturated carbocycles. The van der Waals surface area contributed by atoms with Gasteiger partial charge in [-0.15, -0.1) is 0 Å². The van der Waals surface area contributed by atoms with Gasteiger partial charge in [-0.1, -0.05) is 0 Å². The van der Waals surface area contributed by atoms with Crippen molar-refractivity contribution in [3.63, 3.8) is 0 Å². The summed E-state index contributed by atoms with van der Waals surface area (Å²) in [5.41, 5.74) is 3.56. The number of aliphatic hydroxyl groups is 1. The molecule has 2 aliphatic rings. The summed E-state index contributed by atoms with van der Waals surface area (Å²) in [7, 11) is 1.82. The molecule has 0 saturated heterocycles. The maximum absolute atomic E-state index is 12.9. The number of carbonyl (C=O) groups is 1. The number of pyridine rings is 1. The number of fused-ring (bicyclic) bond motifs is 2. The Morgan fingerprint density at radius 1 is 1.23 bits per heavy atom. The van der Waals surface area contributed by atoms with Crippen molar-refractivity contribution in [2.24, 2.45) is 0 Å². The van der Waals surface area contributed by atoms with Crippen LogP contribution in [0.25, 0.3) is 27.9 Å². The number of anilines is 1. The summed E-state index contributed by atoms with van der Waals surface area (Å²) < 4.78 is 3.87. The maximum Gasteiger partial charge on any atom is 0.257 e. The third-order valence-corrected chi connectivity index (χ3v) is 6.33. The molecule has 4 heterocycles. The summed E-state index contributed by atoms with van der Waals surface area (Å²) >= 11 is 0. The van der Waals surface area contributed by atoms with Gasteiger partial charge in [0.05, 0.1) is 24.0 Å². The minimum atomic E-state index is -0.483. The third kappa shape index (κ3) is 2.88. The van der Waals surface area contributed by atoms with E-state index in [-0.39, 0.29) is 11.9 Å². The predicted octanol–water partition coefficient (Wildman–Crippen LogP) is 2.38. The van der Waals surface area contributed by atoms with Gasteiger partial charge in [0.15, 0.2) is 5.65 Å². The standard InChI is InChI=1S/C22H23N7O2/c1-23-19-9-17(15-11-28(12-4-5-12)20-13(15)3-2-8-24-20)26-21-14(10-25-29(19)21)22(31)27-16-6-7-18(16)30/h2-3,8-12,16,18,23,30H,4-7H2,1H3,(H,27,31)/t16-,18+/m0/s1. The zero-order valence-electron chi connectivity index (χ0n) is 17.1. The minimum Gasteiger partial charge on any atom is -0.391 e. The Morgan fingerprint density at radius 2 is 2.10 bits per heavy atom. The van der Waals surface area contributed by atoms with E-state index in [0.717, 1.165) is 47.4 Å². The molecule has 6 rings (SSSR count). The third-order valence-electron chi connectivity index (χ3n) is 6.33. The molecule has 2 aliphatic carbocycles. The van der Waals surface area contributed by atoms with E-state index in [1.54, 1.807) is 4.52 Å². The lowest BCUT2D eigenvalue weighted by Crippen LogP contribution is -2.50. The number of nitrogens with zero attached hydrogens (tertiary/aromatic N) is 5. The highest BCUT2D eigenvalue weighted by molar-refractivity contribution is 6.01. The molecule has 2 atom stereocenters. The molecule has 4 aromatic rings. The normalized spacial score (nSPS) is 20.7. The first-order valence-corrected chi connectivity index (χ1v) is 10.7. The van der Waals surface area contributed by atoms with Gasteiger partial charge in [-0.2, -0.15) is 9.61 Å². The number of aromatic nitrogens is 5. The molecule has 0 aromatic carbocycles. The number of hydrogen-bond acceptors (Lipinski definition) is 6. The molecular weight excluding hydrogens is 394 g/mol. The summed E-state index contributed by atoms with van der Waals surface area (Å²) in [6.45, 7) is 0. The first kappa shape index (κ1) is 18.3. The highest BCUT2D eigenvalue weighted by atomic mass is 16.3. The van der Waals surface area contributed by atoms with Crippen LogP contribution in [-0.4, -0.2) is 54.4 Å². The van der Waals surface area contributed by atoms with Crippen molar-refractivity contribution in [1.29, 1.82) is 0 Å². The van der Waals surface area contributed by atoms with E-state index >= 15 is 0 Å². The number of carbonyl (C=O) groups excluding carboxylic acids is 1. The fraction of sp³-hybridized carbons (Fsp3) is 0.364. The quantitative estimate of drug-likeness (QED) is 0.460. The van der Waals surface area contributed by atoms with Gasteiger partial charge in [-0.25, -0.2) is 9.97 Å². The van der Waals surface area contributed by atoms with Gasteiger partial charge in [0.2, 0.25) is 0 Å². The van der Waals surface area contributed by atoms with Crippen LogP contribution < -0.4 is 10.6 Å². The van der Waals surface area contributed by atoms with Crippen LogP contribution in [0.5, 0.6) is 0 Å². The van der Waals surface area contributed by atoms with Crippen molar-refractivity contribution in [3.05, 3.63) is 42.4 Å². The molecule has 4 aromatic heterocycles. The topological polar surface area (TPSA) is 109 Å². The molecule has 9 nitrogen and oxygen atoms in total. The second-order valence-corrected chi connectivity index (χ2v) is 8.35. The van der Waals surface area contributed by atoms with Gasteiger partial charge in [0.1, 0.15) is 17.0 Å². The molecule has 31 heavy (non-hydrogen) atoms. The zero-order chi connectivity index (χ0) is 21.1. The molecule has 0 unspecified atom stereocenters. The lowest BCUT2D eigenvalue weighted by Gasteiger charge is -2.32. The summed E-state index contributed by atoms with van der Waals surface area (Å²) in [6, 6.07) is 6.21. The summed E-state index contributed by atoms with van der Waals surface area (Å²) in [5.74, 6) is 0.464. The number of hydrogen-bond donors (Lipinski definition) is 3. The van der Waals surface area contributed by atoms with Crippen LogP contribution in [0.4, 0.5) is 5.82 Å². The van der Waals surface area contributed by atoms with E-state index in [1.165, 1.54) is 6.20 Å². The average Bonchev–Trinajstić information content (AvgIpc) is 3.43. The minimum absolute atomic E-state index is 0.211. The van der Waals surface area contributed by atoms with Crippen molar-refractivity contribution in [2.75, 3.05) is 12.4 Å². The molecule has 2 fully saturated rings. The lowest BCUT2D eigenvalue weighted by atomic mass is 9.89. The van der Waals surface area contributed by atoms with Crippen LogP contribution in [-0.2, 0) is 0 Å². The molecule has 0 bridgehead atoms. The number of nitrogens with one attached hydrogen (secondary N) is 2. The fourth-order valence-electron chi connectivity index (χ4n) is 4.25. The van der Waals surface area contributed by atoms with Crippen molar-refractivity contribution < 1.29 is 9.90 Å². The van der Waals surface area contributed by atoms with Gasteiger partial charge < -0.3 is 20.3 Å². The van der Waals surface area contributed by atoms with Crippen LogP contribution >= 0.6 is 0 Å². The molecular formula is C22H23N7O2. The Balaban J connectivity index is 1.49. The monoisotopic (exact) mass is 417 g/mol. The number of amides is 1. The van der Waals surface area contributed by atoms with Gasteiger partial charge in [-0.3, -0.25) is 4.79 Å². The summed E-state index contributed by atoms with van der Waals surface area (Å²) in [6.07, 6.45) is 8.79. The second-order valence-electron chi connectivity index (χ2n) is 8.35. The van der Waals surface area contributed by atoms with Crippen LogP contribution in [0, 0.1) is 0 Å². The molecule has 1 amide bonds. The molecule has 158 valence electrons. The van der Waals surface area contributed by atoms with E-state index in [9.17, 15) is 9.90 Å². The summed E-state index contributed by atoms with van der Waals surface area (Å²) in [5, 5.41) is 21.3. The fourth-order valence-corrected chi connectivity index (χ4v) is 4.25. The Labute approximate surface area is 178 Å². The Bertz CT molecular complexity index is 1320. The van der Waals surface area contributed by atoms with Crippen LogP contribution in [0.1, 0.15) is 42.1 Å². The highest BCUT2D eigenvalue weighted by Crippen LogP contribution is 2.40. The Morgan fingerprint density at radius 3 is 2.81 bits per heavy atom. The van der Waals surface area contributed by atoms with E-state index in [4.69, 9.17) is 4.98 Å². The number of aliphatic hydroxyl groups excluding tert-OH is 1. The van der Waals surface area contributed by atoms with Crippen molar-refractivity contribution in [2.45, 2.75) is 43.9 Å². The zero-order valence-corrected chi connectivity index (χ0v) is 17.1. The first-order chi connectivity index (χ1) is 15.1. The average molecular weight is 417 g/mol. The van der Waals surface area contributed by atoms with E-state index in [2.05, 4.69) is 37.5 Å². The maximum atomic E-state index is 12.9. The van der Waals surface area contributed by atoms with Gasteiger partial charge >= 0.3 is 0 Å². The Kier molecular flexibility index (Phi) is 4.01. The van der Waals surface area contributed by atoms with Crippen molar-refractivity contribution in [3.8, 4) is 11.3 Å². The van der Waals surface area contributed by atoms with E-state index in [0.29, 0.717) is 23.7 Å². The van der Waals surface area contributed by atoms with Crippen LogP contribution in [0.15, 0.2) is 36.8 Å². The molecule has 3 N–H and O–H groups in total. The van der Waals surface area contributed by atoms with Crippen LogP contribution in [0.2, 0.25) is 0 Å². The molecule has 0 spiro atoms. The highest BCUT2D eigenvalue weighted by Gasteiger charge is 2.31. The smallest absolute Gasteiger partial charge is 0.257 e. The second kappa shape index (κ2) is 6.78. The van der Waals surface area contributed by atoms with Gasteiger partial charge in [0.25, 0.3) is 5.91 Å². The SMILES string of the molecule is CNc1cc(-c2cn(C3CC3)c3ncccc23)nc2c(C(=O)N[C@H]3CC[C@H]3O)cnn12. The van der Waals surface area contributed by atoms with Gasteiger partial charge in [0, 0.05) is 42.5 Å². The molecule has 0 aliphatic heterocycles. The summed E-state index contributed by atoms with van der Waals surface area (Å²) in [4.78, 5) is 22.3. The van der Waals surface area contributed by atoms with E-state index < -0.39 is 6.10 Å². The van der Waals surface area contributed by atoms with E-state index in [1.807, 2.05) is 25.4 Å². The lowest BCUT2D eigenvalue weighted by molar-refractivity contribution is 0.0448. The van der Waals surface area contributed by atoms with Crippen LogP contribution in [0.3, 0.4) is 0 Å². The predicted molar refractivity (Wildman–Crippen MR) is 116 cm³/mol. The molecule has 0 radical (unpaired) electrons. The molecule has 9 heteroatoms. The first-order valence-electron chi connectivity index (χ1n) is 10.7. The van der Waals surface area contributed by atoms with Crippen molar-refractivity contribution >= 4 is 28.4 Å². The number of rotatable bonds is 5. The van der Waals surface area contributed by atoms with Gasteiger partial charge in [-0.05, 0) is 37.8 Å². The Hall–Kier alpha value is -3.46. The largest absolute Gasteiger partial charge is 0.391 e.